The number of benzene rings is 1. The average Bonchev–Trinajstić information content (AvgIpc) is 2.58. The minimum Gasteiger partial charge on any atom is -0.463 e. The molecule has 2 rings (SSSR count). The minimum absolute atomic E-state index is 0.321. The van der Waals surface area contributed by atoms with Crippen LogP contribution >= 0.6 is 0 Å². The molecule has 6 nitrogen and oxygen atoms in total. The summed E-state index contributed by atoms with van der Waals surface area (Å²) in [7, 11) is 0. The molecule has 6 heteroatoms. The molecule has 4 atom stereocenters. The lowest BCUT2D eigenvalue weighted by molar-refractivity contribution is -0.178. The van der Waals surface area contributed by atoms with Gasteiger partial charge in [0.05, 0.1) is 23.7 Å². The lowest BCUT2D eigenvalue weighted by Gasteiger charge is -2.42. The Kier molecular flexibility index (Phi) is 7.36. The third-order valence-corrected chi connectivity index (χ3v) is 4.84. The Morgan fingerprint density at radius 2 is 1.62 bits per heavy atom. The predicted molar refractivity (Wildman–Crippen MR) is 109 cm³/mol. The number of ether oxygens (including phenoxy) is 2. The van der Waals surface area contributed by atoms with Crippen molar-refractivity contribution in [3.05, 3.63) is 42.0 Å². The summed E-state index contributed by atoms with van der Waals surface area (Å²) >= 11 is 0. The molecule has 1 fully saturated rings. The van der Waals surface area contributed by atoms with Crippen LogP contribution in [0.25, 0.3) is 6.08 Å². The quantitative estimate of drug-likeness (QED) is 0.581. The monoisotopic (exact) mass is 402 g/mol. The van der Waals surface area contributed by atoms with E-state index in [4.69, 9.17) is 9.47 Å². The highest BCUT2D eigenvalue weighted by Crippen LogP contribution is 2.42. The van der Waals surface area contributed by atoms with E-state index in [1.807, 2.05) is 30.3 Å². The van der Waals surface area contributed by atoms with Gasteiger partial charge in [-0.3, -0.25) is 14.4 Å². The van der Waals surface area contributed by atoms with Crippen molar-refractivity contribution in [1.29, 1.82) is 0 Å². The molecule has 1 aliphatic carbocycles. The van der Waals surface area contributed by atoms with Gasteiger partial charge in [0, 0.05) is 12.3 Å². The maximum Gasteiger partial charge on any atom is 0.317 e. The fraction of sp³-hybridized carbons (Fsp3) is 0.522. The average molecular weight is 402 g/mol. The first-order chi connectivity index (χ1) is 13.5. The highest BCUT2D eigenvalue weighted by molar-refractivity contribution is 6.02. The molecule has 1 aromatic rings. The number of esters is 2. The molecule has 0 bridgehead atoms. The predicted octanol–water partition coefficient (Wildman–Crippen LogP) is 3.18. The van der Waals surface area contributed by atoms with Gasteiger partial charge in [-0.15, -0.1) is 0 Å². The van der Waals surface area contributed by atoms with Crippen LogP contribution in [-0.2, 0) is 23.9 Å². The van der Waals surface area contributed by atoms with Crippen molar-refractivity contribution in [2.75, 3.05) is 0 Å². The zero-order chi connectivity index (χ0) is 21.8. The van der Waals surface area contributed by atoms with E-state index >= 15 is 0 Å². The molecule has 0 radical (unpaired) electrons. The maximum absolute atomic E-state index is 12.9. The number of Topliss-reactive ketones (excluding diaryl/α,β-unsaturated/α-hetero) is 1. The molecule has 0 amide bonds. The van der Waals surface area contributed by atoms with Gasteiger partial charge in [-0.1, -0.05) is 42.5 Å². The first-order valence-electron chi connectivity index (χ1n) is 9.92. The molecule has 0 spiro atoms. The number of hydrogen-bond donors (Lipinski definition) is 1. The largest absolute Gasteiger partial charge is 0.463 e. The van der Waals surface area contributed by atoms with Gasteiger partial charge in [-0.25, -0.2) is 0 Å². The van der Waals surface area contributed by atoms with Crippen LogP contribution in [0.4, 0.5) is 0 Å². The van der Waals surface area contributed by atoms with Crippen LogP contribution in [0.1, 0.15) is 46.6 Å². The molecule has 0 unspecified atom stereocenters. The van der Waals surface area contributed by atoms with E-state index in [0.717, 1.165) is 5.56 Å². The van der Waals surface area contributed by atoms with Crippen molar-refractivity contribution >= 4 is 23.8 Å². The Morgan fingerprint density at radius 1 is 1.07 bits per heavy atom. The number of carbonyl (C=O) groups excluding carboxylic acids is 3. The summed E-state index contributed by atoms with van der Waals surface area (Å²) < 4.78 is 10.6. The second kappa shape index (κ2) is 9.35. The van der Waals surface area contributed by atoms with Crippen molar-refractivity contribution in [1.82, 2.24) is 0 Å². The number of hydrogen-bond acceptors (Lipinski definition) is 6. The molecule has 158 valence electrons. The van der Waals surface area contributed by atoms with Crippen LogP contribution in [0.2, 0.25) is 0 Å². The van der Waals surface area contributed by atoms with Crippen LogP contribution in [-0.4, -0.2) is 40.6 Å². The highest BCUT2D eigenvalue weighted by atomic mass is 16.5. The van der Waals surface area contributed by atoms with Gasteiger partial charge in [-0.2, -0.15) is 0 Å². The number of ketones is 1. The van der Waals surface area contributed by atoms with Crippen LogP contribution in [0.15, 0.2) is 36.4 Å². The minimum atomic E-state index is -1.64. The van der Waals surface area contributed by atoms with E-state index in [0.29, 0.717) is 0 Å². The molecule has 1 aromatic carbocycles. The third-order valence-electron chi connectivity index (χ3n) is 4.84. The summed E-state index contributed by atoms with van der Waals surface area (Å²) in [6.45, 7) is 8.24. The Labute approximate surface area is 171 Å². The lowest BCUT2D eigenvalue weighted by atomic mass is 9.63. The van der Waals surface area contributed by atoms with Gasteiger partial charge in [0.25, 0.3) is 0 Å². The van der Waals surface area contributed by atoms with Gasteiger partial charge in [0.2, 0.25) is 0 Å². The molecule has 1 saturated carbocycles. The Morgan fingerprint density at radius 3 is 2.17 bits per heavy atom. The molecule has 0 heterocycles. The van der Waals surface area contributed by atoms with Crippen molar-refractivity contribution in [2.24, 2.45) is 17.8 Å². The van der Waals surface area contributed by atoms with Crippen molar-refractivity contribution < 1.29 is 29.0 Å². The van der Waals surface area contributed by atoms with E-state index in [1.165, 1.54) is 6.92 Å². The van der Waals surface area contributed by atoms with Gasteiger partial charge in [-0.05, 0) is 40.2 Å². The Bertz CT molecular complexity index is 755. The topological polar surface area (TPSA) is 89.9 Å². The van der Waals surface area contributed by atoms with Gasteiger partial charge < -0.3 is 14.6 Å². The molecule has 1 aliphatic rings. The number of aliphatic hydroxyl groups is 1. The molecular weight excluding hydrogens is 372 g/mol. The zero-order valence-electron chi connectivity index (χ0n) is 17.6. The molecule has 29 heavy (non-hydrogen) atoms. The Hall–Kier alpha value is -2.47. The summed E-state index contributed by atoms with van der Waals surface area (Å²) in [6.07, 6.45) is 2.26. The summed E-state index contributed by atoms with van der Waals surface area (Å²) in [5.74, 6) is -4.91. The van der Waals surface area contributed by atoms with Crippen molar-refractivity contribution in [3.63, 3.8) is 0 Å². The zero-order valence-corrected chi connectivity index (χ0v) is 17.6. The van der Waals surface area contributed by atoms with Crippen molar-refractivity contribution in [3.8, 4) is 0 Å². The molecule has 1 N–H and O–H groups in total. The molecule has 0 saturated heterocycles. The summed E-state index contributed by atoms with van der Waals surface area (Å²) in [4.78, 5) is 38.4. The smallest absolute Gasteiger partial charge is 0.317 e. The molecule has 0 aliphatic heterocycles. The lowest BCUT2D eigenvalue weighted by Crippen LogP contribution is -2.56. The molecular formula is C23H30O6. The summed E-state index contributed by atoms with van der Waals surface area (Å²) in [6, 6.07) is 9.32. The van der Waals surface area contributed by atoms with Crippen molar-refractivity contribution in [2.45, 2.75) is 58.8 Å². The first-order valence-corrected chi connectivity index (χ1v) is 9.92. The summed E-state index contributed by atoms with van der Waals surface area (Å²) in [5.41, 5.74) is -0.791. The van der Waals surface area contributed by atoms with Crippen LogP contribution in [0, 0.1) is 17.8 Å². The fourth-order valence-electron chi connectivity index (χ4n) is 3.71. The second-order valence-electron chi connectivity index (χ2n) is 8.27. The third kappa shape index (κ3) is 5.76. The van der Waals surface area contributed by atoms with Crippen LogP contribution in [0.3, 0.4) is 0 Å². The van der Waals surface area contributed by atoms with E-state index in [-0.39, 0.29) is 6.42 Å². The Balaban J connectivity index is 2.50. The van der Waals surface area contributed by atoms with E-state index in [9.17, 15) is 19.5 Å². The van der Waals surface area contributed by atoms with Gasteiger partial charge in [0.15, 0.2) is 5.78 Å². The van der Waals surface area contributed by atoms with Gasteiger partial charge in [0.1, 0.15) is 5.92 Å². The maximum atomic E-state index is 12.9. The van der Waals surface area contributed by atoms with E-state index < -0.39 is 53.3 Å². The number of allylic oxidation sites excluding steroid dienone is 1. The van der Waals surface area contributed by atoms with Crippen LogP contribution < -0.4 is 0 Å². The highest BCUT2D eigenvalue weighted by Gasteiger charge is 2.56. The van der Waals surface area contributed by atoms with Gasteiger partial charge >= 0.3 is 11.9 Å². The summed E-state index contributed by atoms with van der Waals surface area (Å²) in [5, 5.41) is 10.9. The second-order valence-corrected chi connectivity index (χ2v) is 8.27. The first kappa shape index (κ1) is 22.8. The van der Waals surface area contributed by atoms with Crippen LogP contribution in [0.5, 0.6) is 0 Å². The number of rotatable bonds is 6. The van der Waals surface area contributed by atoms with E-state index in [2.05, 4.69) is 0 Å². The number of carbonyl (C=O) groups is 3. The molecule has 0 aromatic heterocycles. The fourth-order valence-corrected chi connectivity index (χ4v) is 3.71. The standard InChI is InChI=1S/C23H30O6/c1-14(2)28-21(25)19-17(12-11-16-9-7-6-8-10-16)20(22(26)29-15(3)4)23(5,27)13-18(19)24/h6-12,14-15,17,19-20,27H,13H2,1-5H3/b12-11+/t17-,19-,20-,23-/m1/s1. The normalized spacial score (nSPS) is 27.4. The van der Waals surface area contributed by atoms with E-state index in [1.54, 1.807) is 39.8 Å². The SMILES string of the molecule is CC(C)OC(=O)[C@H]1C(=O)C[C@@](C)(O)[C@@H](C(=O)OC(C)C)[C@@H]1/C=C/c1ccccc1.